The first-order chi connectivity index (χ1) is 9.81. The van der Waals surface area contributed by atoms with Gasteiger partial charge in [-0.15, -0.1) is 24.0 Å². The Labute approximate surface area is 148 Å². The third-order valence-corrected chi connectivity index (χ3v) is 3.21. The lowest BCUT2D eigenvalue weighted by molar-refractivity contribution is 0.358. The van der Waals surface area contributed by atoms with Crippen molar-refractivity contribution in [3.8, 4) is 5.75 Å². The van der Waals surface area contributed by atoms with E-state index in [9.17, 15) is 0 Å². The van der Waals surface area contributed by atoms with Crippen molar-refractivity contribution >= 4 is 41.7 Å². The minimum Gasteiger partial charge on any atom is -0.489 e. The maximum Gasteiger partial charge on any atom is 0.191 e. The Bertz CT molecular complexity index is 441. The number of guanidine groups is 1. The predicted octanol–water partition coefficient (Wildman–Crippen LogP) is 2.90. The number of aliphatic imine (C=N–C) groups is 1. The highest BCUT2D eigenvalue weighted by atomic mass is 127. The Morgan fingerprint density at radius 3 is 2.81 bits per heavy atom. The van der Waals surface area contributed by atoms with Gasteiger partial charge in [-0.1, -0.05) is 30.9 Å². The maximum absolute atomic E-state index is 5.63. The van der Waals surface area contributed by atoms with Gasteiger partial charge in [-0.05, 0) is 12.3 Å². The molecule has 0 saturated carbocycles. The van der Waals surface area contributed by atoms with Gasteiger partial charge in [0.15, 0.2) is 5.96 Å². The van der Waals surface area contributed by atoms with Gasteiger partial charge < -0.3 is 15.4 Å². The molecule has 0 spiro atoms. The molecule has 0 heterocycles. The molecule has 0 unspecified atom stereocenters. The van der Waals surface area contributed by atoms with Crippen LogP contribution >= 0.6 is 35.7 Å². The molecule has 1 aromatic rings. The highest BCUT2D eigenvalue weighted by Gasteiger charge is 2.03. The summed E-state index contributed by atoms with van der Waals surface area (Å²) in [5.74, 6) is 2.73. The lowest BCUT2D eigenvalue weighted by atomic mass is 10.2. The number of thioether (sulfide) groups is 1. The van der Waals surface area contributed by atoms with Crippen LogP contribution in [0.25, 0.3) is 0 Å². The van der Waals surface area contributed by atoms with E-state index in [0.717, 1.165) is 29.6 Å². The Morgan fingerprint density at radius 1 is 1.38 bits per heavy atom. The van der Waals surface area contributed by atoms with Crippen molar-refractivity contribution in [2.24, 2.45) is 4.99 Å². The number of halogens is 1. The Hall–Kier alpha value is -0.890. The second kappa shape index (κ2) is 12.8. The fourth-order valence-electron chi connectivity index (χ4n) is 1.61. The van der Waals surface area contributed by atoms with E-state index >= 15 is 0 Å². The van der Waals surface area contributed by atoms with E-state index in [0.29, 0.717) is 13.2 Å². The molecule has 0 aliphatic heterocycles. The average molecular weight is 421 g/mol. The van der Waals surface area contributed by atoms with E-state index in [2.05, 4.69) is 28.5 Å². The van der Waals surface area contributed by atoms with Gasteiger partial charge in [0.05, 0.1) is 0 Å². The van der Waals surface area contributed by atoms with Crippen molar-refractivity contribution in [2.45, 2.75) is 6.54 Å². The zero-order valence-corrected chi connectivity index (χ0v) is 15.7. The summed E-state index contributed by atoms with van der Waals surface area (Å²) in [5, 5.41) is 6.55. The molecule has 0 saturated heterocycles. The van der Waals surface area contributed by atoms with Crippen molar-refractivity contribution < 1.29 is 4.74 Å². The minimum absolute atomic E-state index is 0. The number of benzene rings is 1. The first-order valence-corrected chi connectivity index (χ1v) is 7.96. The number of ether oxygens (including phenoxy) is 1. The second-order valence-corrected chi connectivity index (χ2v) is 5.04. The molecule has 0 atom stereocenters. The number of hydrogen-bond acceptors (Lipinski definition) is 3. The molecule has 4 nitrogen and oxygen atoms in total. The fourth-order valence-corrected chi connectivity index (χ4v) is 1.92. The lowest BCUT2D eigenvalue weighted by Crippen LogP contribution is -2.38. The van der Waals surface area contributed by atoms with Crippen LogP contribution in [-0.2, 0) is 6.54 Å². The summed E-state index contributed by atoms with van der Waals surface area (Å²) in [6.07, 6.45) is 3.83. The topological polar surface area (TPSA) is 45.6 Å². The van der Waals surface area contributed by atoms with Gasteiger partial charge in [0.2, 0.25) is 0 Å². The molecule has 0 aromatic heterocycles. The van der Waals surface area contributed by atoms with Crippen LogP contribution in [0.1, 0.15) is 5.56 Å². The Morgan fingerprint density at radius 2 is 2.14 bits per heavy atom. The van der Waals surface area contributed by atoms with Crippen LogP contribution in [0.4, 0.5) is 0 Å². The molecular formula is C15H24IN3OS. The first kappa shape index (κ1) is 20.1. The predicted molar refractivity (Wildman–Crippen MR) is 104 cm³/mol. The monoisotopic (exact) mass is 421 g/mol. The van der Waals surface area contributed by atoms with Gasteiger partial charge in [0, 0.05) is 31.5 Å². The van der Waals surface area contributed by atoms with Gasteiger partial charge in [-0.2, -0.15) is 11.8 Å². The molecule has 2 N–H and O–H groups in total. The number of nitrogens with zero attached hydrogens (tertiary/aromatic N) is 1. The van der Waals surface area contributed by atoms with Crippen molar-refractivity contribution in [3.63, 3.8) is 0 Å². The molecule has 0 aliphatic rings. The summed E-state index contributed by atoms with van der Waals surface area (Å²) in [6, 6.07) is 7.97. The van der Waals surface area contributed by atoms with E-state index in [4.69, 9.17) is 4.74 Å². The van der Waals surface area contributed by atoms with Crippen molar-refractivity contribution in [1.29, 1.82) is 0 Å². The van der Waals surface area contributed by atoms with Crippen LogP contribution in [0, 0.1) is 0 Å². The third-order valence-electron chi connectivity index (χ3n) is 2.60. The van der Waals surface area contributed by atoms with Crippen LogP contribution in [0.15, 0.2) is 41.9 Å². The van der Waals surface area contributed by atoms with Crippen LogP contribution in [0.2, 0.25) is 0 Å². The Balaban J connectivity index is 0.00000400. The van der Waals surface area contributed by atoms with Crippen LogP contribution in [-0.4, -0.2) is 38.2 Å². The molecule has 0 aliphatic carbocycles. The normalized spacial score (nSPS) is 10.5. The smallest absolute Gasteiger partial charge is 0.191 e. The zero-order valence-electron chi connectivity index (χ0n) is 12.6. The van der Waals surface area contributed by atoms with Gasteiger partial charge in [0.1, 0.15) is 12.4 Å². The summed E-state index contributed by atoms with van der Waals surface area (Å²) < 4.78 is 5.63. The quantitative estimate of drug-likeness (QED) is 0.223. The SMILES string of the molecule is C=CCOc1ccccc1CNC(=NC)NCCSC.I. The first-order valence-electron chi connectivity index (χ1n) is 6.57. The summed E-state index contributed by atoms with van der Waals surface area (Å²) in [7, 11) is 1.77. The van der Waals surface area contributed by atoms with Crippen LogP contribution in [0.5, 0.6) is 5.75 Å². The molecule has 21 heavy (non-hydrogen) atoms. The van der Waals surface area contributed by atoms with Crippen molar-refractivity contribution in [1.82, 2.24) is 10.6 Å². The number of nitrogens with one attached hydrogen (secondary N) is 2. The molecule has 118 valence electrons. The van der Waals surface area contributed by atoms with Gasteiger partial charge in [-0.25, -0.2) is 0 Å². The lowest BCUT2D eigenvalue weighted by Gasteiger charge is -2.14. The second-order valence-electron chi connectivity index (χ2n) is 4.05. The van der Waals surface area contributed by atoms with E-state index in [1.54, 1.807) is 24.9 Å². The molecule has 1 rings (SSSR count). The summed E-state index contributed by atoms with van der Waals surface area (Å²) >= 11 is 1.81. The number of rotatable bonds is 8. The molecule has 0 radical (unpaired) electrons. The standard InChI is InChI=1S/C15H23N3OS.HI/c1-4-10-19-14-8-6-5-7-13(14)12-18-15(16-2)17-9-11-20-3;/h4-8H,1,9-12H2,2-3H3,(H2,16,17,18);1H. The molecule has 0 amide bonds. The number of hydrogen-bond donors (Lipinski definition) is 2. The van der Waals surface area contributed by atoms with Gasteiger partial charge >= 0.3 is 0 Å². The molecule has 0 fully saturated rings. The highest BCUT2D eigenvalue weighted by Crippen LogP contribution is 2.17. The van der Waals surface area contributed by atoms with Crippen molar-refractivity contribution in [2.75, 3.05) is 32.2 Å². The van der Waals surface area contributed by atoms with Gasteiger partial charge in [0.25, 0.3) is 0 Å². The van der Waals surface area contributed by atoms with E-state index in [-0.39, 0.29) is 24.0 Å². The minimum atomic E-state index is 0. The number of para-hydroxylation sites is 1. The molecule has 0 bridgehead atoms. The fraction of sp³-hybridized carbons (Fsp3) is 0.400. The summed E-state index contributed by atoms with van der Waals surface area (Å²) in [5.41, 5.74) is 1.10. The van der Waals surface area contributed by atoms with E-state index < -0.39 is 0 Å². The highest BCUT2D eigenvalue weighted by molar-refractivity contribution is 14.0. The largest absolute Gasteiger partial charge is 0.489 e. The maximum atomic E-state index is 5.63. The van der Waals surface area contributed by atoms with Crippen LogP contribution < -0.4 is 15.4 Å². The van der Waals surface area contributed by atoms with E-state index in [1.165, 1.54) is 0 Å². The summed E-state index contributed by atoms with van der Waals surface area (Å²) in [4.78, 5) is 4.19. The molecule has 1 aromatic carbocycles. The molecule has 6 heteroatoms. The van der Waals surface area contributed by atoms with Gasteiger partial charge in [-0.3, -0.25) is 4.99 Å². The third kappa shape index (κ3) is 8.21. The average Bonchev–Trinajstić information content (AvgIpc) is 2.49. The summed E-state index contributed by atoms with van der Waals surface area (Å²) in [6.45, 7) is 5.75. The van der Waals surface area contributed by atoms with E-state index in [1.807, 2.05) is 24.3 Å². The Kier molecular flexibility index (Phi) is 12.3. The zero-order chi connectivity index (χ0) is 14.6. The van der Waals surface area contributed by atoms with Crippen molar-refractivity contribution in [3.05, 3.63) is 42.5 Å². The molecular weight excluding hydrogens is 397 g/mol. The van der Waals surface area contributed by atoms with Crippen LogP contribution in [0.3, 0.4) is 0 Å².